The van der Waals surface area contributed by atoms with Crippen molar-refractivity contribution in [1.29, 1.82) is 0 Å². The largest absolute Gasteiger partial charge is 0.493 e. The molecule has 3 aromatic rings. The van der Waals surface area contributed by atoms with Gasteiger partial charge in [-0.05, 0) is 60.0 Å². The molecule has 0 bridgehead atoms. The third kappa shape index (κ3) is 6.98. The first-order valence-electron chi connectivity index (χ1n) is 12.1. The average Bonchev–Trinajstić information content (AvgIpc) is 3.63. The van der Waals surface area contributed by atoms with Gasteiger partial charge in [0, 0.05) is 23.5 Å². The summed E-state index contributed by atoms with van der Waals surface area (Å²) in [6.45, 7) is 1.15. The quantitative estimate of drug-likeness (QED) is 0.324. The summed E-state index contributed by atoms with van der Waals surface area (Å²) in [5.74, 6) is 1.18. The number of nitrogens with zero attached hydrogens (tertiary/aromatic N) is 2. The molecule has 0 saturated heterocycles. The standard InChI is InChI=1S/C29H32N2O4S/c1-34-26-14-10-23(19-27(26)35-2)16-17-30(20-25-9-6-18-36-25)29(33)21-31(24-12-13-24)28(32)15-11-22-7-4-3-5-8-22/h3-11,14-15,18-19,24H,12-13,16-17,20-21H2,1-2H3. The number of hydrogen-bond acceptors (Lipinski definition) is 5. The fourth-order valence-electron chi connectivity index (χ4n) is 4.03. The lowest BCUT2D eigenvalue weighted by molar-refractivity contribution is -0.139. The molecular weight excluding hydrogens is 472 g/mol. The second-order valence-electron chi connectivity index (χ2n) is 8.78. The maximum absolute atomic E-state index is 13.5. The number of rotatable bonds is 12. The monoisotopic (exact) mass is 504 g/mol. The zero-order chi connectivity index (χ0) is 25.3. The molecule has 1 fully saturated rings. The van der Waals surface area contributed by atoms with Crippen LogP contribution < -0.4 is 9.47 Å². The highest BCUT2D eigenvalue weighted by Gasteiger charge is 2.34. The van der Waals surface area contributed by atoms with Crippen LogP contribution in [0.4, 0.5) is 0 Å². The van der Waals surface area contributed by atoms with E-state index in [-0.39, 0.29) is 24.4 Å². The molecule has 1 aliphatic carbocycles. The SMILES string of the molecule is COc1ccc(CCN(Cc2cccs2)C(=O)CN(C(=O)C=Cc2ccccc2)C2CC2)cc1OC. The second-order valence-corrected chi connectivity index (χ2v) is 9.81. The maximum Gasteiger partial charge on any atom is 0.247 e. The second kappa shape index (κ2) is 12.4. The van der Waals surface area contributed by atoms with Crippen LogP contribution >= 0.6 is 11.3 Å². The van der Waals surface area contributed by atoms with Crippen molar-refractivity contribution >= 4 is 29.2 Å². The van der Waals surface area contributed by atoms with E-state index in [1.54, 1.807) is 36.5 Å². The van der Waals surface area contributed by atoms with Crippen molar-refractivity contribution in [3.8, 4) is 11.5 Å². The number of carbonyl (C=O) groups is 2. The van der Waals surface area contributed by atoms with Crippen LogP contribution in [0.5, 0.6) is 11.5 Å². The zero-order valence-corrected chi connectivity index (χ0v) is 21.6. The van der Waals surface area contributed by atoms with E-state index < -0.39 is 0 Å². The molecule has 1 heterocycles. The number of ether oxygens (including phenoxy) is 2. The van der Waals surface area contributed by atoms with E-state index >= 15 is 0 Å². The van der Waals surface area contributed by atoms with E-state index in [0.29, 0.717) is 31.0 Å². The molecule has 0 atom stereocenters. The molecule has 7 heteroatoms. The summed E-state index contributed by atoms with van der Waals surface area (Å²) in [5.41, 5.74) is 2.01. The minimum absolute atomic E-state index is 0.0442. The molecule has 0 aliphatic heterocycles. The van der Waals surface area contributed by atoms with E-state index in [2.05, 4.69) is 0 Å². The van der Waals surface area contributed by atoms with E-state index in [0.717, 1.165) is 28.8 Å². The van der Waals surface area contributed by atoms with Crippen molar-refractivity contribution in [2.45, 2.75) is 31.8 Å². The summed E-state index contributed by atoms with van der Waals surface area (Å²) in [6.07, 6.45) is 5.93. The third-order valence-corrected chi connectivity index (χ3v) is 7.05. The van der Waals surface area contributed by atoms with Gasteiger partial charge < -0.3 is 19.3 Å². The molecule has 1 aromatic heterocycles. The molecule has 6 nitrogen and oxygen atoms in total. The number of benzene rings is 2. The molecule has 36 heavy (non-hydrogen) atoms. The predicted octanol–water partition coefficient (Wildman–Crippen LogP) is 5.04. The van der Waals surface area contributed by atoms with Gasteiger partial charge in [0.15, 0.2) is 11.5 Å². The molecule has 188 valence electrons. The van der Waals surface area contributed by atoms with Gasteiger partial charge in [-0.15, -0.1) is 11.3 Å². The van der Waals surface area contributed by atoms with E-state index in [1.165, 1.54) is 0 Å². The van der Waals surface area contributed by atoms with Crippen molar-refractivity contribution in [2.24, 2.45) is 0 Å². The highest BCUT2D eigenvalue weighted by atomic mass is 32.1. The Morgan fingerprint density at radius 2 is 1.78 bits per heavy atom. The summed E-state index contributed by atoms with van der Waals surface area (Å²) in [5, 5.41) is 2.01. The first-order chi connectivity index (χ1) is 17.6. The highest BCUT2D eigenvalue weighted by Crippen LogP contribution is 2.29. The minimum atomic E-state index is -0.120. The first kappa shape index (κ1) is 25.5. The van der Waals surface area contributed by atoms with Gasteiger partial charge in [-0.2, -0.15) is 0 Å². The molecule has 1 aliphatic rings. The van der Waals surface area contributed by atoms with Crippen LogP contribution in [-0.4, -0.2) is 55.0 Å². The zero-order valence-electron chi connectivity index (χ0n) is 20.8. The summed E-state index contributed by atoms with van der Waals surface area (Å²) in [7, 11) is 3.23. The fraction of sp³-hybridized carbons (Fsp3) is 0.310. The smallest absolute Gasteiger partial charge is 0.247 e. The lowest BCUT2D eigenvalue weighted by atomic mass is 10.1. The summed E-state index contributed by atoms with van der Waals surface area (Å²) >= 11 is 1.63. The Balaban J connectivity index is 1.45. The van der Waals surface area contributed by atoms with Crippen molar-refractivity contribution in [3.05, 3.63) is 88.1 Å². The van der Waals surface area contributed by atoms with Crippen LogP contribution in [0.2, 0.25) is 0 Å². The molecule has 0 N–H and O–H groups in total. The topological polar surface area (TPSA) is 59.1 Å². The summed E-state index contributed by atoms with van der Waals surface area (Å²) in [4.78, 5) is 31.2. The van der Waals surface area contributed by atoms with Gasteiger partial charge in [-0.1, -0.05) is 42.5 Å². The molecule has 0 unspecified atom stereocenters. The van der Waals surface area contributed by atoms with Crippen molar-refractivity contribution in [1.82, 2.24) is 9.80 Å². The van der Waals surface area contributed by atoms with Gasteiger partial charge in [0.05, 0.1) is 20.8 Å². The molecule has 0 spiro atoms. The van der Waals surface area contributed by atoms with Crippen LogP contribution in [0.3, 0.4) is 0 Å². The number of thiophene rings is 1. The Hall–Kier alpha value is -3.58. The number of amides is 2. The fourth-order valence-corrected chi connectivity index (χ4v) is 4.75. The molecular formula is C29H32N2O4S. The first-order valence-corrected chi connectivity index (χ1v) is 13.0. The van der Waals surface area contributed by atoms with Crippen molar-refractivity contribution < 1.29 is 19.1 Å². The van der Waals surface area contributed by atoms with E-state index in [9.17, 15) is 9.59 Å². The Labute approximate surface area is 216 Å². The van der Waals surface area contributed by atoms with Gasteiger partial charge in [0.2, 0.25) is 11.8 Å². The van der Waals surface area contributed by atoms with Crippen LogP contribution in [0.15, 0.2) is 72.1 Å². The van der Waals surface area contributed by atoms with Crippen LogP contribution in [0.25, 0.3) is 6.08 Å². The molecule has 0 radical (unpaired) electrons. The summed E-state index contributed by atoms with van der Waals surface area (Å²) < 4.78 is 10.8. The van der Waals surface area contributed by atoms with Crippen molar-refractivity contribution in [3.63, 3.8) is 0 Å². The minimum Gasteiger partial charge on any atom is -0.493 e. The van der Waals surface area contributed by atoms with Gasteiger partial charge >= 0.3 is 0 Å². The Bertz CT molecular complexity index is 1170. The Morgan fingerprint density at radius 1 is 1.00 bits per heavy atom. The Morgan fingerprint density at radius 3 is 2.44 bits per heavy atom. The van der Waals surface area contributed by atoms with Crippen molar-refractivity contribution in [2.75, 3.05) is 27.3 Å². The summed E-state index contributed by atoms with van der Waals surface area (Å²) in [6, 6.07) is 19.7. The lowest BCUT2D eigenvalue weighted by Gasteiger charge is -2.27. The number of hydrogen-bond donors (Lipinski definition) is 0. The van der Waals surface area contributed by atoms with E-state index in [4.69, 9.17) is 9.47 Å². The normalized spacial score (nSPS) is 12.9. The van der Waals surface area contributed by atoms with Gasteiger partial charge in [-0.3, -0.25) is 9.59 Å². The Kier molecular flexibility index (Phi) is 8.79. The van der Waals surface area contributed by atoms with E-state index in [1.807, 2.05) is 77.0 Å². The van der Waals surface area contributed by atoms with Gasteiger partial charge in [0.1, 0.15) is 6.54 Å². The third-order valence-electron chi connectivity index (χ3n) is 6.19. The molecule has 2 amide bonds. The van der Waals surface area contributed by atoms with Crippen LogP contribution in [0.1, 0.15) is 28.8 Å². The molecule has 2 aromatic carbocycles. The lowest BCUT2D eigenvalue weighted by Crippen LogP contribution is -2.43. The molecule has 4 rings (SSSR count). The average molecular weight is 505 g/mol. The van der Waals surface area contributed by atoms with Crippen LogP contribution in [0, 0.1) is 0 Å². The predicted molar refractivity (Wildman–Crippen MR) is 143 cm³/mol. The van der Waals surface area contributed by atoms with Gasteiger partial charge in [0.25, 0.3) is 0 Å². The number of methoxy groups -OCH3 is 2. The number of carbonyl (C=O) groups excluding carboxylic acids is 2. The highest BCUT2D eigenvalue weighted by molar-refractivity contribution is 7.09. The molecule has 1 saturated carbocycles. The van der Waals surface area contributed by atoms with Gasteiger partial charge in [-0.25, -0.2) is 0 Å². The van der Waals surface area contributed by atoms with Crippen LogP contribution in [-0.2, 0) is 22.6 Å². The maximum atomic E-state index is 13.5.